The van der Waals surface area contributed by atoms with Crippen LogP contribution in [-0.2, 0) is 0 Å². The number of nitrogens with two attached hydrogens (primary N) is 1. The highest BCUT2D eigenvalue weighted by Crippen LogP contribution is 2.38. The van der Waals surface area contributed by atoms with Gasteiger partial charge in [-0.3, -0.25) is 4.79 Å². The lowest BCUT2D eigenvalue weighted by atomic mass is 10.00. The number of aromatic nitrogens is 1. The van der Waals surface area contributed by atoms with Crippen molar-refractivity contribution in [1.82, 2.24) is 9.88 Å². The number of fused-ring (bicyclic) bond motifs is 1. The second-order valence-electron chi connectivity index (χ2n) is 5.23. The van der Waals surface area contributed by atoms with Crippen LogP contribution in [0.5, 0.6) is 0 Å². The molecule has 5 heteroatoms. The predicted molar refractivity (Wildman–Crippen MR) is 66.8 cm³/mol. The van der Waals surface area contributed by atoms with E-state index in [1.165, 1.54) is 0 Å². The number of hydrogen-bond donors (Lipinski definition) is 2. The third kappa shape index (κ3) is 1.84. The van der Waals surface area contributed by atoms with Gasteiger partial charge in [-0.1, -0.05) is 6.07 Å². The number of pyridine rings is 1. The molecule has 1 aromatic rings. The van der Waals surface area contributed by atoms with Crippen LogP contribution in [0.1, 0.15) is 23.3 Å². The molecule has 3 rings (SSSR count). The highest BCUT2D eigenvalue weighted by molar-refractivity contribution is 5.92. The highest BCUT2D eigenvalue weighted by atomic mass is 16.3. The van der Waals surface area contributed by atoms with Crippen LogP contribution >= 0.6 is 0 Å². The average Bonchev–Trinajstić information content (AvgIpc) is 2.91. The maximum absolute atomic E-state index is 12.3. The fourth-order valence-corrected chi connectivity index (χ4v) is 3.14. The van der Waals surface area contributed by atoms with E-state index in [4.69, 9.17) is 5.73 Å². The molecule has 1 aliphatic carbocycles. The van der Waals surface area contributed by atoms with Crippen LogP contribution in [-0.4, -0.2) is 40.1 Å². The van der Waals surface area contributed by atoms with Crippen LogP contribution in [0.25, 0.3) is 0 Å². The number of aliphatic hydroxyl groups excluding tert-OH is 1. The van der Waals surface area contributed by atoms with E-state index >= 15 is 0 Å². The van der Waals surface area contributed by atoms with E-state index in [2.05, 4.69) is 4.98 Å². The van der Waals surface area contributed by atoms with Crippen molar-refractivity contribution >= 4 is 11.7 Å². The minimum atomic E-state index is -0.249. The number of nitrogen functional groups attached to an aromatic ring is 1. The molecule has 3 N–H and O–H groups in total. The summed E-state index contributed by atoms with van der Waals surface area (Å²) in [5.74, 6) is 0.976. The Morgan fingerprint density at radius 2 is 2.22 bits per heavy atom. The molecule has 2 aliphatic rings. The van der Waals surface area contributed by atoms with Crippen LogP contribution in [0.15, 0.2) is 18.2 Å². The normalized spacial score (nSPS) is 30.5. The molecule has 2 fully saturated rings. The molecule has 1 aromatic heterocycles. The third-order valence-corrected chi connectivity index (χ3v) is 4.10. The van der Waals surface area contributed by atoms with Gasteiger partial charge in [0.25, 0.3) is 5.91 Å². The molecule has 3 unspecified atom stereocenters. The van der Waals surface area contributed by atoms with Gasteiger partial charge in [0.15, 0.2) is 0 Å². The predicted octanol–water partition coefficient (Wildman–Crippen LogP) is 0.507. The van der Waals surface area contributed by atoms with Gasteiger partial charge in [0, 0.05) is 19.0 Å². The van der Waals surface area contributed by atoms with E-state index in [0.717, 1.165) is 19.4 Å². The molecular formula is C13H17N3O2. The second-order valence-corrected chi connectivity index (χ2v) is 5.23. The fraction of sp³-hybridized carbons (Fsp3) is 0.538. The molecule has 5 nitrogen and oxygen atoms in total. The number of likely N-dealkylation sites (tertiary alicyclic amines) is 1. The molecule has 1 amide bonds. The lowest BCUT2D eigenvalue weighted by molar-refractivity contribution is 0.0747. The first-order valence-electron chi connectivity index (χ1n) is 6.35. The zero-order valence-electron chi connectivity index (χ0n) is 10.1. The maximum atomic E-state index is 12.3. The van der Waals surface area contributed by atoms with Crippen LogP contribution in [0, 0.1) is 11.8 Å². The Hall–Kier alpha value is -1.62. The van der Waals surface area contributed by atoms with E-state index in [1.54, 1.807) is 23.1 Å². The molecule has 96 valence electrons. The molecule has 0 aromatic carbocycles. The summed E-state index contributed by atoms with van der Waals surface area (Å²) in [7, 11) is 0. The number of aliphatic hydroxyl groups is 1. The molecular weight excluding hydrogens is 230 g/mol. The Labute approximate surface area is 106 Å². The van der Waals surface area contributed by atoms with Crippen molar-refractivity contribution in [1.29, 1.82) is 0 Å². The van der Waals surface area contributed by atoms with Gasteiger partial charge >= 0.3 is 0 Å². The average molecular weight is 247 g/mol. The monoisotopic (exact) mass is 247 g/mol. The number of rotatable bonds is 1. The Morgan fingerprint density at radius 3 is 2.94 bits per heavy atom. The molecule has 18 heavy (non-hydrogen) atoms. The van der Waals surface area contributed by atoms with E-state index in [9.17, 15) is 9.90 Å². The minimum absolute atomic E-state index is 0.0797. The summed E-state index contributed by atoms with van der Waals surface area (Å²) < 4.78 is 0. The summed E-state index contributed by atoms with van der Waals surface area (Å²) in [6, 6.07) is 5.09. The Kier molecular flexibility index (Phi) is 2.70. The number of carbonyl (C=O) groups is 1. The summed E-state index contributed by atoms with van der Waals surface area (Å²) in [4.78, 5) is 18.1. The molecule has 0 bridgehead atoms. The smallest absolute Gasteiger partial charge is 0.272 e. The van der Waals surface area contributed by atoms with Gasteiger partial charge in [-0.2, -0.15) is 0 Å². The van der Waals surface area contributed by atoms with Gasteiger partial charge < -0.3 is 15.7 Å². The van der Waals surface area contributed by atoms with Gasteiger partial charge in [0.2, 0.25) is 0 Å². The Balaban J connectivity index is 1.75. The third-order valence-electron chi connectivity index (χ3n) is 4.10. The second kappa shape index (κ2) is 4.24. The first kappa shape index (κ1) is 11.5. The summed E-state index contributed by atoms with van der Waals surface area (Å²) in [6.45, 7) is 1.37. The topological polar surface area (TPSA) is 79.5 Å². The summed E-state index contributed by atoms with van der Waals surface area (Å²) in [6.07, 6.45) is 1.63. The summed E-state index contributed by atoms with van der Waals surface area (Å²) in [5.41, 5.74) is 5.98. The Bertz CT molecular complexity index is 477. The van der Waals surface area contributed by atoms with Gasteiger partial charge in [0.1, 0.15) is 11.5 Å². The van der Waals surface area contributed by atoms with E-state index in [0.29, 0.717) is 24.0 Å². The van der Waals surface area contributed by atoms with Crippen molar-refractivity contribution in [3.05, 3.63) is 23.9 Å². The van der Waals surface area contributed by atoms with Crippen molar-refractivity contribution in [2.24, 2.45) is 11.8 Å². The lowest BCUT2D eigenvalue weighted by Gasteiger charge is -2.18. The quantitative estimate of drug-likeness (QED) is 0.757. The fourth-order valence-electron chi connectivity index (χ4n) is 3.14. The lowest BCUT2D eigenvalue weighted by Crippen LogP contribution is -2.31. The number of carbonyl (C=O) groups excluding carboxylic acids is 1. The van der Waals surface area contributed by atoms with Gasteiger partial charge in [0.05, 0.1) is 6.10 Å². The zero-order valence-corrected chi connectivity index (χ0v) is 10.1. The highest BCUT2D eigenvalue weighted by Gasteiger charge is 2.43. The molecule has 0 spiro atoms. The number of amides is 1. The van der Waals surface area contributed by atoms with Crippen LogP contribution in [0.4, 0.5) is 5.82 Å². The molecule has 2 heterocycles. The van der Waals surface area contributed by atoms with Crippen molar-refractivity contribution < 1.29 is 9.90 Å². The first-order valence-corrected chi connectivity index (χ1v) is 6.35. The van der Waals surface area contributed by atoms with Gasteiger partial charge in [-0.05, 0) is 30.9 Å². The van der Waals surface area contributed by atoms with Gasteiger partial charge in [-0.25, -0.2) is 4.98 Å². The van der Waals surface area contributed by atoms with E-state index < -0.39 is 0 Å². The number of hydrogen-bond acceptors (Lipinski definition) is 4. The molecule has 1 aliphatic heterocycles. The number of anilines is 1. The van der Waals surface area contributed by atoms with Crippen LogP contribution in [0.2, 0.25) is 0 Å². The SMILES string of the molecule is Nc1cccc(C(=O)N2CC3CCC(O)C3C2)n1. The van der Waals surface area contributed by atoms with E-state index in [1.807, 2.05) is 0 Å². The Morgan fingerprint density at radius 1 is 1.39 bits per heavy atom. The molecule has 1 saturated carbocycles. The standard InChI is InChI=1S/C13H17N3O2/c14-12-3-1-2-10(15-12)13(18)16-6-8-4-5-11(17)9(8)7-16/h1-3,8-9,11,17H,4-7H2,(H2,14,15). The van der Waals surface area contributed by atoms with E-state index in [-0.39, 0.29) is 17.9 Å². The largest absolute Gasteiger partial charge is 0.393 e. The zero-order chi connectivity index (χ0) is 12.7. The molecule has 0 radical (unpaired) electrons. The molecule has 3 atom stereocenters. The van der Waals surface area contributed by atoms with Crippen molar-refractivity contribution in [3.63, 3.8) is 0 Å². The van der Waals surface area contributed by atoms with Crippen LogP contribution in [0.3, 0.4) is 0 Å². The summed E-state index contributed by atoms with van der Waals surface area (Å²) in [5, 5.41) is 9.84. The van der Waals surface area contributed by atoms with Gasteiger partial charge in [-0.15, -0.1) is 0 Å². The first-order chi connectivity index (χ1) is 8.65. The maximum Gasteiger partial charge on any atom is 0.272 e. The van der Waals surface area contributed by atoms with Crippen molar-refractivity contribution in [2.75, 3.05) is 18.8 Å². The minimum Gasteiger partial charge on any atom is -0.393 e. The molecule has 1 saturated heterocycles. The van der Waals surface area contributed by atoms with Crippen LogP contribution < -0.4 is 5.73 Å². The van der Waals surface area contributed by atoms with Crippen molar-refractivity contribution in [2.45, 2.75) is 18.9 Å². The van der Waals surface area contributed by atoms with Crippen molar-refractivity contribution in [3.8, 4) is 0 Å². The number of nitrogens with zero attached hydrogens (tertiary/aromatic N) is 2. The summed E-state index contributed by atoms with van der Waals surface area (Å²) >= 11 is 0.